The first kappa shape index (κ1) is 40.2. The molecule has 9 rings (SSSR count). The summed E-state index contributed by atoms with van der Waals surface area (Å²) in [7, 11) is 0. The normalized spacial score (nSPS) is 13.1. The number of hydrogen-bond acceptors (Lipinski definition) is 3. The number of aromatic hydroxyl groups is 1. The number of imidazole rings is 1. The smallest absolute Gasteiger partial charge is 0.148 e. The van der Waals surface area contributed by atoms with Crippen LogP contribution >= 0.6 is 0 Å². The predicted molar refractivity (Wildman–Crippen MR) is 268 cm³/mol. The summed E-state index contributed by atoms with van der Waals surface area (Å²) in [4.78, 5) is 10.4. The number of hydrogen-bond donors (Lipinski definition) is 1. The Balaban J connectivity index is 0.00000642. The van der Waals surface area contributed by atoms with Gasteiger partial charge in [-0.3, -0.25) is 9.55 Å². The fourth-order valence-corrected chi connectivity index (χ4v) is 8.50. The van der Waals surface area contributed by atoms with Gasteiger partial charge in [0.2, 0.25) is 0 Å². The molecule has 7 aromatic carbocycles. The van der Waals surface area contributed by atoms with Gasteiger partial charge < -0.3 is 5.11 Å². The number of rotatable bonds is 8. The van der Waals surface area contributed by atoms with Crippen molar-refractivity contribution < 1.29 is 31.7 Å². The third-order valence-electron chi connectivity index (χ3n) is 12.2. The Morgan fingerprint density at radius 1 is 0.615 bits per heavy atom. The van der Waals surface area contributed by atoms with Crippen molar-refractivity contribution >= 4 is 11.0 Å². The van der Waals surface area contributed by atoms with Gasteiger partial charge in [0, 0.05) is 44.0 Å². The average molecular weight is 1030 g/mol. The van der Waals surface area contributed by atoms with Gasteiger partial charge in [-0.25, -0.2) is 4.98 Å². The van der Waals surface area contributed by atoms with E-state index in [4.69, 9.17) is 15.5 Å². The first-order valence-corrected chi connectivity index (χ1v) is 22.0. The summed E-state index contributed by atoms with van der Waals surface area (Å²) >= 11 is 0. The Morgan fingerprint density at radius 2 is 1.25 bits per heavy atom. The van der Waals surface area contributed by atoms with Gasteiger partial charge in [0.1, 0.15) is 11.6 Å². The molecule has 4 nitrogen and oxygen atoms in total. The zero-order valence-electron chi connectivity index (χ0n) is 42.2. The molecule has 0 saturated heterocycles. The van der Waals surface area contributed by atoms with Crippen molar-refractivity contribution in [2.75, 3.05) is 0 Å². The van der Waals surface area contributed by atoms with Crippen LogP contribution in [0.3, 0.4) is 0 Å². The van der Waals surface area contributed by atoms with E-state index >= 15 is 0 Å². The molecule has 328 valence electrons. The Bertz CT molecular complexity index is 3320. The number of phenolic OH excluding ortho intramolecular Hbond substituents is 1. The third kappa shape index (κ3) is 9.02. The molecule has 0 aliphatic heterocycles. The maximum atomic E-state index is 12.5. The Labute approximate surface area is 405 Å². The fourth-order valence-electron chi connectivity index (χ4n) is 8.50. The van der Waals surface area contributed by atoms with E-state index in [1.54, 1.807) is 6.07 Å². The maximum absolute atomic E-state index is 12.5. The summed E-state index contributed by atoms with van der Waals surface area (Å²) in [5.41, 5.74) is 13.2. The van der Waals surface area contributed by atoms with Crippen LogP contribution in [0.1, 0.15) is 89.0 Å². The molecule has 2 aromatic heterocycles. The molecule has 0 atom stereocenters. The molecule has 0 bridgehead atoms. The standard InChI is InChI=1S/C60H56N3O.Pt/c1-38(2)40-23-25-43(26-24-40)45-29-30-61-53(35-45)48-33-46(42-19-14-11-15-20-42)32-47(34-48)50-21-16-22-55-56(50)62-58(51-36-49(59(4,5)6)37-52(57(51)64)60(7,8)9)63(55)54-28-27-44(31-39(54)3)41-17-12-10-13-18-41;/h10-33,35-38,64H,1-9H3;/q-1;/i3D3,38D;. The molecule has 0 spiro atoms. The van der Waals surface area contributed by atoms with E-state index < -0.39 is 18.2 Å². The minimum atomic E-state index is -2.51. The Kier molecular flexibility index (Phi) is 11.1. The molecule has 0 aliphatic carbocycles. The van der Waals surface area contributed by atoms with Crippen LogP contribution in [0.5, 0.6) is 5.75 Å². The van der Waals surface area contributed by atoms with E-state index in [0.29, 0.717) is 28.1 Å². The molecule has 0 unspecified atom stereocenters. The molecular formula is C60H56N3OPt-. The van der Waals surface area contributed by atoms with E-state index in [0.717, 1.165) is 72.5 Å². The quantitative estimate of drug-likeness (QED) is 0.154. The summed E-state index contributed by atoms with van der Waals surface area (Å²) < 4.78 is 37.3. The summed E-state index contributed by atoms with van der Waals surface area (Å²) in [6, 6.07) is 55.9. The van der Waals surface area contributed by atoms with Gasteiger partial charge >= 0.3 is 0 Å². The van der Waals surface area contributed by atoms with Crippen LogP contribution < -0.4 is 0 Å². The van der Waals surface area contributed by atoms with Crippen molar-refractivity contribution in [2.45, 2.75) is 79.0 Å². The average Bonchev–Trinajstić information content (AvgIpc) is 3.70. The molecule has 0 aliphatic rings. The monoisotopic (exact) mass is 1030 g/mol. The molecule has 5 heteroatoms. The molecule has 0 amide bonds. The summed E-state index contributed by atoms with van der Waals surface area (Å²) in [5.74, 6) is -0.182. The van der Waals surface area contributed by atoms with Gasteiger partial charge in [0.05, 0.1) is 22.3 Å². The number of nitrogens with zero attached hydrogens (tertiary/aromatic N) is 3. The second-order valence-electron chi connectivity index (χ2n) is 19.0. The van der Waals surface area contributed by atoms with Crippen molar-refractivity contribution in [2.24, 2.45) is 0 Å². The van der Waals surface area contributed by atoms with Gasteiger partial charge in [-0.05, 0) is 98.4 Å². The van der Waals surface area contributed by atoms with E-state index in [-0.39, 0.29) is 37.8 Å². The molecule has 2 heterocycles. The SMILES string of the molecule is [2H]C([2H])([2H])c1cc(-c2ccccc2)ccc1-n1c(-c2cc(C(C)(C)C)cc(C(C)(C)C)c2O)nc2c(-c3[c-]c(-c4cc(-c5ccc(C([2H])(C)C)cc5)ccn4)cc(-c4ccccc4)c3)cccc21.[Pt]. The van der Waals surface area contributed by atoms with Crippen LogP contribution in [0.15, 0.2) is 164 Å². The van der Waals surface area contributed by atoms with Crippen LogP contribution in [0, 0.1) is 12.9 Å². The Hall–Kier alpha value is -6.35. The minimum absolute atomic E-state index is 0. The maximum Gasteiger partial charge on any atom is 0.148 e. The number of aromatic nitrogens is 3. The van der Waals surface area contributed by atoms with Gasteiger partial charge in [0.15, 0.2) is 0 Å². The first-order valence-electron chi connectivity index (χ1n) is 24.0. The molecule has 9 aromatic rings. The van der Waals surface area contributed by atoms with Crippen LogP contribution in [0.25, 0.3) is 83.9 Å². The van der Waals surface area contributed by atoms with Gasteiger partial charge in [-0.1, -0.05) is 187 Å². The molecule has 1 N–H and O–H groups in total. The summed E-state index contributed by atoms with van der Waals surface area (Å²) in [5, 5.41) is 12.5. The zero-order valence-corrected chi connectivity index (χ0v) is 40.5. The van der Waals surface area contributed by atoms with E-state index in [1.807, 2.05) is 128 Å². The molecule has 0 saturated carbocycles. The van der Waals surface area contributed by atoms with Crippen molar-refractivity contribution in [1.82, 2.24) is 14.5 Å². The van der Waals surface area contributed by atoms with Gasteiger partial charge in [-0.2, -0.15) is 0 Å². The number of para-hydroxylation sites is 1. The first-order chi connectivity index (χ1) is 32.1. The van der Waals surface area contributed by atoms with Gasteiger partial charge in [-0.15, -0.1) is 23.8 Å². The molecule has 65 heavy (non-hydrogen) atoms. The van der Waals surface area contributed by atoms with Crippen molar-refractivity contribution in [3.8, 4) is 78.6 Å². The minimum Gasteiger partial charge on any atom is -0.507 e. The van der Waals surface area contributed by atoms with Crippen molar-refractivity contribution in [1.29, 1.82) is 0 Å². The predicted octanol–water partition coefficient (Wildman–Crippen LogP) is 16.0. The Morgan fingerprint density at radius 3 is 1.89 bits per heavy atom. The van der Waals surface area contributed by atoms with Crippen LogP contribution in [0.2, 0.25) is 0 Å². The van der Waals surface area contributed by atoms with Gasteiger partial charge in [0.25, 0.3) is 0 Å². The number of pyridine rings is 1. The van der Waals surface area contributed by atoms with Crippen molar-refractivity contribution in [3.63, 3.8) is 0 Å². The molecule has 0 radical (unpaired) electrons. The number of fused-ring (bicyclic) bond motifs is 1. The molecular weight excluding hydrogens is 974 g/mol. The largest absolute Gasteiger partial charge is 0.507 e. The van der Waals surface area contributed by atoms with E-state index in [2.05, 4.69) is 96.1 Å². The van der Waals surface area contributed by atoms with Crippen molar-refractivity contribution in [3.05, 3.63) is 192 Å². The topological polar surface area (TPSA) is 50.9 Å². The fraction of sp³-hybridized carbons (Fsp3) is 0.200. The number of aryl methyl sites for hydroxylation is 1. The summed E-state index contributed by atoms with van der Waals surface area (Å²) in [6.07, 6.45) is 1.82. The molecule has 0 fully saturated rings. The second kappa shape index (κ2) is 17.9. The van der Waals surface area contributed by atoms with E-state index in [9.17, 15) is 5.11 Å². The van der Waals surface area contributed by atoms with Crippen LogP contribution in [-0.4, -0.2) is 19.6 Å². The van der Waals surface area contributed by atoms with E-state index in [1.165, 1.54) is 0 Å². The summed E-state index contributed by atoms with van der Waals surface area (Å²) in [6.45, 7) is 14.0. The number of benzene rings is 7. The van der Waals surface area contributed by atoms with Crippen LogP contribution in [-0.2, 0) is 31.9 Å². The zero-order chi connectivity index (χ0) is 48.3. The van der Waals surface area contributed by atoms with Crippen LogP contribution in [0.4, 0.5) is 0 Å². The third-order valence-corrected chi connectivity index (χ3v) is 12.2. The number of phenols is 1. The second-order valence-corrected chi connectivity index (χ2v) is 19.0.